The lowest BCUT2D eigenvalue weighted by molar-refractivity contribution is -0.124. The maximum Gasteiger partial charge on any atom is 0.387 e. The molecular weight excluding hydrogens is 442 g/mol. The van der Waals surface area contributed by atoms with Gasteiger partial charge in [0.05, 0.1) is 18.4 Å². The van der Waals surface area contributed by atoms with E-state index in [9.17, 15) is 23.2 Å². The Kier molecular flexibility index (Phi) is 7.82. The molecule has 0 aliphatic carbocycles. The van der Waals surface area contributed by atoms with Gasteiger partial charge >= 0.3 is 6.61 Å². The van der Waals surface area contributed by atoms with E-state index >= 15 is 0 Å². The Morgan fingerprint density at radius 1 is 1.16 bits per heavy atom. The van der Waals surface area contributed by atoms with Crippen LogP contribution in [0.3, 0.4) is 0 Å². The molecule has 7 nitrogen and oxygen atoms in total. The van der Waals surface area contributed by atoms with Gasteiger partial charge in [-0.2, -0.15) is 8.78 Å². The smallest absolute Gasteiger partial charge is 0.387 e. The van der Waals surface area contributed by atoms with Gasteiger partial charge in [0, 0.05) is 13.1 Å². The number of methoxy groups -OCH3 is 1. The Morgan fingerprint density at radius 2 is 1.91 bits per heavy atom. The van der Waals surface area contributed by atoms with Crippen LogP contribution in [0.4, 0.5) is 13.6 Å². The minimum atomic E-state index is -2.92. The zero-order valence-electron chi connectivity index (χ0n) is 17.0. The third kappa shape index (κ3) is 6.30. The predicted octanol–water partition coefficient (Wildman–Crippen LogP) is 3.69. The summed E-state index contributed by atoms with van der Waals surface area (Å²) in [4.78, 5) is 38.1. The first-order valence-corrected chi connectivity index (χ1v) is 10.4. The molecular formula is C22H20F2N2O5S. The maximum atomic E-state index is 12.5. The molecule has 0 radical (unpaired) electrons. The molecule has 0 aromatic heterocycles. The summed E-state index contributed by atoms with van der Waals surface area (Å²) in [5.41, 5.74) is 1.34. The van der Waals surface area contributed by atoms with Gasteiger partial charge in [-0.15, -0.1) is 0 Å². The van der Waals surface area contributed by atoms with Crippen molar-refractivity contribution in [2.75, 3.05) is 20.2 Å². The molecule has 168 valence electrons. The van der Waals surface area contributed by atoms with Crippen LogP contribution >= 0.6 is 11.8 Å². The molecule has 10 heteroatoms. The zero-order chi connectivity index (χ0) is 23.1. The fraction of sp³-hybridized carbons (Fsp3) is 0.227. The van der Waals surface area contributed by atoms with Crippen LogP contribution in [0, 0.1) is 0 Å². The van der Waals surface area contributed by atoms with Crippen LogP contribution in [-0.4, -0.2) is 48.8 Å². The fourth-order valence-electron chi connectivity index (χ4n) is 2.93. The van der Waals surface area contributed by atoms with Gasteiger partial charge < -0.3 is 14.8 Å². The molecule has 0 atom stereocenters. The second-order valence-electron chi connectivity index (χ2n) is 6.66. The number of alkyl halides is 2. The number of carbonyl (C=O) groups is 3. The summed E-state index contributed by atoms with van der Waals surface area (Å²) in [6, 6.07) is 12.8. The standard InChI is InChI=1S/C22H20F2N2O5S/c1-30-17-4-2-3-15(11-17)13-19(27)25-9-10-26-20(28)18(32-22(26)29)12-14-5-7-16(8-6-14)31-21(23)24/h2-8,11-12,21H,9-10,13H2,1H3,(H,25,27)/b18-12-. The molecule has 2 aromatic rings. The van der Waals surface area contributed by atoms with Gasteiger partial charge in [0.25, 0.3) is 11.1 Å². The van der Waals surface area contributed by atoms with Crippen LogP contribution in [0.5, 0.6) is 11.5 Å². The summed E-state index contributed by atoms with van der Waals surface area (Å²) in [6.07, 6.45) is 1.64. The number of thioether (sulfide) groups is 1. The van der Waals surface area contributed by atoms with Crippen LogP contribution in [-0.2, 0) is 16.0 Å². The number of rotatable bonds is 9. The third-order valence-electron chi connectivity index (χ3n) is 4.43. The van der Waals surface area contributed by atoms with E-state index in [0.717, 1.165) is 22.2 Å². The van der Waals surface area contributed by atoms with E-state index in [4.69, 9.17) is 4.74 Å². The number of nitrogens with zero attached hydrogens (tertiary/aromatic N) is 1. The summed E-state index contributed by atoms with van der Waals surface area (Å²) < 4.78 is 33.8. The largest absolute Gasteiger partial charge is 0.497 e. The van der Waals surface area contributed by atoms with Crippen molar-refractivity contribution >= 4 is 34.9 Å². The predicted molar refractivity (Wildman–Crippen MR) is 115 cm³/mol. The maximum absolute atomic E-state index is 12.5. The molecule has 1 aliphatic rings. The lowest BCUT2D eigenvalue weighted by Crippen LogP contribution is -2.37. The molecule has 0 bridgehead atoms. The number of hydrogen-bond acceptors (Lipinski definition) is 6. The van der Waals surface area contributed by atoms with Crippen LogP contribution in [0.25, 0.3) is 6.08 Å². The van der Waals surface area contributed by atoms with Gasteiger partial charge in [0.15, 0.2) is 0 Å². The van der Waals surface area contributed by atoms with Crippen molar-refractivity contribution in [2.45, 2.75) is 13.0 Å². The summed E-state index contributed by atoms with van der Waals surface area (Å²) in [5, 5.41) is 2.25. The summed E-state index contributed by atoms with van der Waals surface area (Å²) in [6.45, 7) is -2.77. The van der Waals surface area contributed by atoms with Crippen LogP contribution in [0.2, 0.25) is 0 Å². The van der Waals surface area contributed by atoms with Gasteiger partial charge in [0.1, 0.15) is 11.5 Å². The van der Waals surface area contributed by atoms with Crippen molar-refractivity contribution in [3.05, 3.63) is 64.6 Å². The Bertz CT molecular complexity index is 1030. The van der Waals surface area contributed by atoms with Crippen molar-refractivity contribution in [1.82, 2.24) is 10.2 Å². The minimum absolute atomic E-state index is 0.00468. The van der Waals surface area contributed by atoms with E-state index in [1.54, 1.807) is 31.4 Å². The highest BCUT2D eigenvalue weighted by atomic mass is 32.2. The number of carbonyl (C=O) groups excluding carboxylic acids is 3. The molecule has 3 amide bonds. The number of nitrogens with one attached hydrogen (secondary N) is 1. The average Bonchev–Trinajstić information content (AvgIpc) is 3.02. The van der Waals surface area contributed by atoms with Crippen LogP contribution in [0.1, 0.15) is 11.1 Å². The van der Waals surface area contributed by atoms with Crippen molar-refractivity contribution in [2.24, 2.45) is 0 Å². The second kappa shape index (κ2) is 10.8. The lowest BCUT2D eigenvalue weighted by Gasteiger charge is -2.13. The normalized spacial score (nSPS) is 14.9. The molecule has 1 fully saturated rings. The topological polar surface area (TPSA) is 84.9 Å². The molecule has 1 aliphatic heterocycles. The SMILES string of the molecule is COc1cccc(CC(=O)NCCN2C(=O)S/C(=C\c3ccc(OC(F)F)cc3)C2=O)c1. The highest BCUT2D eigenvalue weighted by Gasteiger charge is 2.34. The first-order valence-electron chi connectivity index (χ1n) is 9.55. The first-order chi connectivity index (χ1) is 15.4. The van der Waals surface area contributed by atoms with Gasteiger partial charge in [-0.25, -0.2) is 0 Å². The van der Waals surface area contributed by atoms with E-state index in [1.807, 2.05) is 0 Å². The highest BCUT2D eigenvalue weighted by molar-refractivity contribution is 8.18. The Labute approximate surface area is 187 Å². The minimum Gasteiger partial charge on any atom is -0.497 e. The van der Waals surface area contributed by atoms with Crippen LogP contribution < -0.4 is 14.8 Å². The molecule has 0 spiro atoms. The van der Waals surface area contributed by atoms with E-state index < -0.39 is 17.8 Å². The lowest BCUT2D eigenvalue weighted by atomic mass is 10.1. The molecule has 1 N–H and O–H groups in total. The number of amides is 3. The Balaban J connectivity index is 1.52. The zero-order valence-corrected chi connectivity index (χ0v) is 17.9. The molecule has 1 heterocycles. The summed E-state index contributed by atoms with van der Waals surface area (Å²) in [7, 11) is 1.54. The molecule has 0 saturated carbocycles. The first kappa shape index (κ1) is 23.3. The number of halogens is 2. The van der Waals surface area contributed by atoms with Crippen molar-refractivity contribution in [3.8, 4) is 11.5 Å². The summed E-state index contributed by atoms with van der Waals surface area (Å²) >= 11 is 0.778. The van der Waals surface area contributed by atoms with E-state index in [0.29, 0.717) is 11.3 Å². The average molecular weight is 462 g/mol. The Hall–Kier alpha value is -3.40. The quantitative estimate of drug-likeness (QED) is 0.572. The van der Waals surface area contributed by atoms with E-state index in [2.05, 4.69) is 10.1 Å². The van der Waals surface area contributed by atoms with Gasteiger partial charge in [-0.1, -0.05) is 24.3 Å². The third-order valence-corrected chi connectivity index (χ3v) is 5.34. The summed E-state index contributed by atoms with van der Waals surface area (Å²) in [5.74, 6) is -0.0761. The fourth-order valence-corrected chi connectivity index (χ4v) is 3.79. The van der Waals surface area contributed by atoms with Gasteiger partial charge in [-0.05, 0) is 53.2 Å². The van der Waals surface area contributed by atoms with E-state index in [1.165, 1.54) is 30.3 Å². The second-order valence-corrected chi connectivity index (χ2v) is 7.65. The van der Waals surface area contributed by atoms with Crippen molar-refractivity contribution < 1.29 is 32.6 Å². The molecule has 0 unspecified atom stereocenters. The number of imide groups is 1. The van der Waals surface area contributed by atoms with Gasteiger partial charge in [0.2, 0.25) is 5.91 Å². The van der Waals surface area contributed by atoms with Crippen molar-refractivity contribution in [1.29, 1.82) is 0 Å². The number of hydrogen-bond donors (Lipinski definition) is 1. The molecule has 1 saturated heterocycles. The monoisotopic (exact) mass is 462 g/mol. The number of ether oxygens (including phenoxy) is 2. The van der Waals surface area contributed by atoms with Crippen LogP contribution in [0.15, 0.2) is 53.4 Å². The van der Waals surface area contributed by atoms with E-state index in [-0.39, 0.29) is 36.1 Å². The molecule has 2 aromatic carbocycles. The Morgan fingerprint density at radius 3 is 2.59 bits per heavy atom. The molecule has 3 rings (SSSR count). The molecule has 32 heavy (non-hydrogen) atoms. The highest BCUT2D eigenvalue weighted by Crippen LogP contribution is 2.32. The van der Waals surface area contributed by atoms with Gasteiger partial charge in [-0.3, -0.25) is 19.3 Å². The number of benzene rings is 2. The van der Waals surface area contributed by atoms with Crippen molar-refractivity contribution in [3.63, 3.8) is 0 Å².